The predicted molar refractivity (Wildman–Crippen MR) is 85.6 cm³/mol. The summed E-state index contributed by atoms with van der Waals surface area (Å²) in [6.07, 6.45) is 1.63. The van der Waals surface area contributed by atoms with Crippen molar-refractivity contribution >= 4 is 23.6 Å². The Labute approximate surface area is 137 Å². The molecular formula is C14H16FN5O2S. The number of morpholine rings is 1. The van der Waals surface area contributed by atoms with E-state index in [4.69, 9.17) is 4.74 Å². The maximum atomic E-state index is 14.4. The number of aromatic nitrogens is 3. The number of benzene rings is 1. The van der Waals surface area contributed by atoms with Gasteiger partial charge >= 0.3 is 0 Å². The zero-order valence-electron chi connectivity index (χ0n) is 12.3. The number of nitrogens with zero attached hydrogens (tertiary/aromatic N) is 4. The van der Waals surface area contributed by atoms with Gasteiger partial charge in [-0.15, -0.1) is 5.10 Å². The van der Waals surface area contributed by atoms with E-state index < -0.39 is 5.24 Å². The molecule has 1 aromatic heterocycles. The van der Waals surface area contributed by atoms with E-state index in [1.54, 1.807) is 18.3 Å². The van der Waals surface area contributed by atoms with Crippen LogP contribution < -0.4 is 10.2 Å². The molecule has 0 unspecified atom stereocenters. The van der Waals surface area contributed by atoms with Crippen LogP contribution >= 0.6 is 12.6 Å². The number of ether oxygens (including phenoxy) is 1. The number of anilines is 1. The molecule has 0 saturated carbocycles. The van der Waals surface area contributed by atoms with Crippen LogP contribution in [0, 0.1) is 5.82 Å². The number of halogens is 1. The molecule has 3 rings (SSSR count). The lowest BCUT2D eigenvalue weighted by Gasteiger charge is -2.29. The Bertz CT molecular complexity index is 702. The van der Waals surface area contributed by atoms with Crippen molar-refractivity contribution in [2.45, 2.75) is 6.54 Å². The van der Waals surface area contributed by atoms with Gasteiger partial charge in [-0.25, -0.2) is 9.07 Å². The summed E-state index contributed by atoms with van der Waals surface area (Å²) >= 11 is 3.61. The number of hydrogen-bond donors (Lipinski definition) is 2. The van der Waals surface area contributed by atoms with Gasteiger partial charge in [0.1, 0.15) is 11.5 Å². The molecule has 0 bridgehead atoms. The van der Waals surface area contributed by atoms with Crippen molar-refractivity contribution in [2.75, 3.05) is 31.2 Å². The monoisotopic (exact) mass is 337 g/mol. The molecule has 9 heteroatoms. The van der Waals surface area contributed by atoms with Gasteiger partial charge in [-0.05, 0) is 12.1 Å². The summed E-state index contributed by atoms with van der Waals surface area (Å²) in [6.45, 7) is 2.77. The molecule has 0 spiro atoms. The minimum Gasteiger partial charge on any atom is -0.378 e. The van der Waals surface area contributed by atoms with Crippen molar-refractivity contribution in [3.05, 3.63) is 35.9 Å². The van der Waals surface area contributed by atoms with Crippen LogP contribution in [0.5, 0.6) is 0 Å². The first-order valence-corrected chi connectivity index (χ1v) is 7.59. The maximum absolute atomic E-state index is 14.4. The normalized spacial score (nSPS) is 14.8. The lowest BCUT2D eigenvalue weighted by molar-refractivity contribution is 0.122. The van der Waals surface area contributed by atoms with Crippen LogP contribution in [0.3, 0.4) is 0 Å². The van der Waals surface area contributed by atoms with Crippen LogP contribution in [0.4, 0.5) is 14.9 Å². The molecule has 1 aliphatic heterocycles. The van der Waals surface area contributed by atoms with Gasteiger partial charge in [0.2, 0.25) is 0 Å². The van der Waals surface area contributed by atoms with Gasteiger partial charge in [-0.2, -0.15) is 0 Å². The first-order chi connectivity index (χ1) is 11.1. The fourth-order valence-corrected chi connectivity index (χ4v) is 2.45. The summed E-state index contributed by atoms with van der Waals surface area (Å²) in [7, 11) is 0. The number of hydrogen-bond acceptors (Lipinski definition) is 5. The molecule has 1 aliphatic rings. The van der Waals surface area contributed by atoms with Crippen molar-refractivity contribution in [3.63, 3.8) is 0 Å². The van der Waals surface area contributed by atoms with E-state index in [1.807, 2.05) is 4.90 Å². The molecule has 0 atom stereocenters. The standard InChI is InChI=1S/C14H16FN5O2S/c15-12-7-11(1-2-13(12)19-3-5-22-6-4-19)20-9-10(17-18-20)8-16-14(21)23/h1-2,7,9H,3-6,8H2,(H2,16,21,23). The Morgan fingerprint density at radius 3 is 2.87 bits per heavy atom. The van der Waals surface area contributed by atoms with Gasteiger partial charge in [-0.3, -0.25) is 4.79 Å². The van der Waals surface area contributed by atoms with E-state index in [0.29, 0.717) is 43.4 Å². The largest absolute Gasteiger partial charge is 0.378 e. The van der Waals surface area contributed by atoms with E-state index in [2.05, 4.69) is 28.3 Å². The summed E-state index contributed by atoms with van der Waals surface area (Å²) in [5, 5.41) is 9.92. The average Bonchev–Trinajstić information content (AvgIpc) is 3.02. The van der Waals surface area contributed by atoms with E-state index >= 15 is 0 Å². The van der Waals surface area contributed by atoms with E-state index in [0.717, 1.165) is 0 Å². The number of nitrogens with one attached hydrogen (secondary N) is 1. The van der Waals surface area contributed by atoms with Crippen molar-refractivity contribution in [1.29, 1.82) is 0 Å². The topological polar surface area (TPSA) is 72.3 Å². The molecule has 1 fully saturated rings. The van der Waals surface area contributed by atoms with Crippen LogP contribution in [-0.2, 0) is 11.3 Å². The van der Waals surface area contributed by atoms with E-state index in [9.17, 15) is 9.18 Å². The van der Waals surface area contributed by atoms with Gasteiger partial charge in [0.25, 0.3) is 5.24 Å². The fourth-order valence-electron chi connectivity index (χ4n) is 2.37. The van der Waals surface area contributed by atoms with Gasteiger partial charge in [-0.1, -0.05) is 17.8 Å². The molecule has 2 aromatic rings. The molecule has 1 saturated heterocycles. The van der Waals surface area contributed by atoms with Crippen molar-refractivity contribution < 1.29 is 13.9 Å². The highest BCUT2D eigenvalue weighted by Gasteiger charge is 2.16. The molecule has 1 aromatic carbocycles. The smallest absolute Gasteiger partial charge is 0.276 e. The summed E-state index contributed by atoms with van der Waals surface area (Å²) < 4.78 is 21.1. The van der Waals surface area contributed by atoms with Gasteiger partial charge in [0, 0.05) is 19.2 Å². The number of thiol groups is 1. The molecule has 122 valence electrons. The zero-order chi connectivity index (χ0) is 16.2. The maximum Gasteiger partial charge on any atom is 0.276 e. The Morgan fingerprint density at radius 1 is 1.39 bits per heavy atom. The Kier molecular flexibility index (Phi) is 4.77. The number of rotatable bonds is 4. The first-order valence-electron chi connectivity index (χ1n) is 7.14. The third-order valence-electron chi connectivity index (χ3n) is 3.51. The van der Waals surface area contributed by atoms with Gasteiger partial charge in [0.05, 0.1) is 37.3 Å². The summed E-state index contributed by atoms with van der Waals surface area (Å²) in [5.41, 5.74) is 1.68. The third-order valence-corrected chi connectivity index (χ3v) is 3.67. The second-order valence-corrected chi connectivity index (χ2v) is 5.45. The Morgan fingerprint density at radius 2 is 2.17 bits per heavy atom. The second-order valence-electron chi connectivity index (χ2n) is 5.05. The highest BCUT2D eigenvalue weighted by molar-refractivity contribution is 7.96. The molecular weight excluding hydrogens is 321 g/mol. The number of carbonyl (C=O) groups is 1. The minimum atomic E-state index is -0.444. The van der Waals surface area contributed by atoms with Crippen molar-refractivity contribution in [2.24, 2.45) is 0 Å². The van der Waals surface area contributed by atoms with Crippen LogP contribution in [0.15, 0.2) is 24.4 Å². The molecule has 0 aliphatic carbocycles. The second kappa shape index (κ2) is 6.97. The number of carbonyl (C=O) groups excluding carboxylic acids is 1. The van der Waals surface area contributed by atoms with Crippen molar-refractivity contribution in [1.82, 2.24) is 20.3 Å². The van der Waals surface area contributed by atoms with E-state index in [1.165, 1.54) is 10.7 Å². The van der Waals surface area contributed by atoms with Crippen molar-refractivity contribution in [3.8, 4) is 5.69 Å². The summed E-state index contributed by atoms with van der Waals surface area (Å²) in [6, 6.07) is 4.93. The Hall–Kier alpha value is -2.13. The third kappa shape index (κ3) is 3.80. The van der Waals surface area contributed by atoms with Crippen LogP contribution in [0.25, 0.3) is 5.69 Å². The quantitative estimate of drug-likeness (QED) is 0.825. The average molecular weight is 337 g/mol. The number of amides is 1. The molecule has 1 N–H and O–H groups in total. The highest BCUT2D eigenvalue weighted by Crippen LogP contribution is 2.23. The highest BCUT2D eigenvalue weighted by atomic mass is 32.1. The molecule has 7 nitrogen and oxygen atoms in total. The molecule has 2 heterocycles. The molecule has 1 amide bonds. The van der Waals surface area contributed by atoms with Gasteiger partial charge < -0.3 is 15.0 Å². The Balaban J connectivity index is 1.75. The van der Waals surface area contributed by atoms with Crippen LogP contribution in [0.1, 0.15) is 5.69 Å². The van der Waals surface area contributed by atoms with Crippen LogP contribution in [0.2, 0.25) is 0 Å². The molecule has 0 radical (unpaired) electrons. The van der Waals surface area contributed by atoms with Crippen LogP contribution in [-0.4, -0.2) is 46.5 Å². The molecule has 23 heavy (non-hydrogen) atoms. The lowest BCUT2D eigenvalue weighted by atomic mass is 10.2. The van der Waals surface area contributed by atoms with Gasteiger partial charge in [0.15, 0.2) is 0 Å². The fraction of sp³-hybridized carbons (Fsp3) is 0.357. The zero-order valence-corrected chi connectivity index (χ0v) is 13.2. The minimum absolute atomic E-state index is 0.219. The van der Waals surface area contributed by atoms with E-state index in [-0.39, 0.29) is 12.4 Å². The first kappa shape index (κ1) is 15.8. The summed E-state index contributed by atoms with van der Waals surface area (Å²) in [4.78, 5) is 12.7. The SMILES string of the molecule is O=C(S)NCc1cn(-c2ccc(N3CCOCC3)c(F)c2)nn1. The predicted octanol–water partition coefficient (Wildman–Crippen LogP) is 1.38. The lowest BCUT2D eigenvalue weighted by Crippen LogP contribution is -2.36. The summed E-state index contributed by atoms with van der Waals surface area (Å²) in [5.74, 6) is -0.315.